The summed E-state index contributed by atoms with van der Waals surface area (Å²) in [7, 11) is 1.48. The molecule has 1 aliphatic rings. The fourth-order valence-corrected chi connectivity index (χ4v) is 2.20. The molecule has 96 valence electrons. The number of oxime groups is 1. The second-order valence-corrected chi connectivity index (χ2v) is 4.27. The van der Waals surface area contributed by atoms with Crippen molar-refractivity contribution in [3.63, 3.8) is 0 Å². The first kappa shape index (κ1) is 12.4. The van der Waals surface area contributed by atoms with Crippen molar-refractivity contribution in [2.24, 2.45) is 5.16 Å². The number of rotatable bonds is 2. The lowest BCUT2D eigenvalue weighted by Crippen LogP contribution is -2.26. The topological polar surface area (TPSA) is 68.1 Å². The van der Waals surface area contributed by atoms with Gasteiger partial charge in [-0.05, 0) is 31.5 Å². The normalized spacial score (nSPS) is 20.2. The third-order valence-electron chi connectivity index (χ3n) is 2.96. The highest BCUT2D eigenvalue weighted by Crippen LogP contribution is 2.32. The fraction of sp³-hybridized carbons (Fsp3) is 0.385. The van der Waals surface area contributed by atoms with Gasteiger partial charge in [0.05, 0.1) is 11.3 Å². The average Bonchev–Trinajstić information content (AvgIpc) is 2.28. The number of hydrogen-bond acceptors (Lipinski definition) is 4. The molecular weight excluding hydrogens is 234 g/mol. The Hall–Kier alpha value is -2.04. The summed E-state index contributed by atoms with van der Waals surface area (Å²) < 4.78 is 5.69. The minimum Gasteiger partial charge on any atom is -0.490 e. The van der Waals surface area contributed by atoms with Crippen molar-refractivity contribution in [1.82, 2.24) is 0 Å². The highest BCUT2D eigenvalue weighted by Gasteiger charge is 2.26. The van der Waals surface area contributed by atoms with Crippen LogP contribution in [0.15, 0.2) is 17.3 Å². The van der Waals surface area contributed by atoms with Crippen LogP contribution in [0.1, 0.15) is 34.8 Å². The fourth-order valence-electron chi connectivity index (χ4n) is 2.20. The molecule has 0 aliphatic carbocycles. The highest BCUT2D eigenvalue weighted by molar-refractivity contribution is 6.07. The van der Waals surface area contributed by atoms with Gasteiger partial charge < -0.3 is 14.7 Å². The van der Waals surface area contributed by atoms with E-state index in [1.165, 1.54) is 7.11 Å². The quantitative estimate of drug-likeness (QED) is 0.816. The lowest BCUT2D eigenvalue weighted by Gasteiger charge is -2.26. The molecule has 1 heterocycles. The van der Waals surface area contributed by atoms with E-state index < -0.39 is 5.97 Å². The first-order chi connectivity index (χ1) is 8.54. The van der Waals surface area contributed by atoms with Gasteiger partial charge in [0.1, 0.15) is 19.0 Å². The molecule has 1 aromatic carbocycles. The van der Waals surface area contributed by atoms with Gasteiger partial charge in [-0.2, -0.15) is 0 Å². The summed E-state index contributed by atoms with van der Waals surface area (Å²) in [6.45, 7) is 3.70. The Labute approximate surface area is 105 Å². The first-order valence-electron chi connectivity index (χ1n) is 5.68. The van der Waals surface area contributed by atoms with Crippen LogP contribution in [0.3, 0.4) is 0 Å². The molecule has 1 aliphatic heterocycles. The predicted molar refractivity (Wildman–Crippen MR) is 66.4 cm³/mol. The number of benzene rings is 1. The number of carboxylic acid groups (broad SMARTS) is 1. The molecule has 0 amide bonds. The molecule has 5 heteroatoms. The van der Waals surface area contributed by atoms with Crippen LogP contribution in [0.5, 0.6) is 5.75 Å². The second kappa shape index (κ2) is 4.68. The summed E-state index contributed by atoms with van der Waals surface area (Å²) in [6, 6.07) is 3.23. The van der Waals surface area contributed by atoms with Crippen LogP contribution in [-0.2, 0) is 4.84 Å². The van der Waals surface area contributed by atoms with Crippen LogP contribution in [0, 0.1) is 6.92 Å². The molecule has 0 bridgehead atoms. The SMILES string of the molecule is CON=C1CC(C)Oc2ccc(C(=O)O)c(C)c21. The van der Waals surface area contributed by atoms with Crippen LogP contribution in [0.2, 0.25) is 0 Å². The summed E-state index contributed by atoms with van der Waals surface area (Å²) in [6.07, 6.45) is 0.603. The molecule has 1 N–H and O–H groups in total. The number of fused-ring (bicyclic) bond motifs is 1. The van der Waals surface area contributed by atoms with Gasteiger partial charge >= 0.3 is 5.97 Å². The Kier molecular flexibility index (Phi) is 3.23. The van der Waals surface area contributed by atoms with Gasteiger partial charge in [0.2, 0.25) is 0 Å². The van der Waals surface area contributed by atoms with E-state index in [1.54, 1.807) is 19.1 Å². The van der Waals surface area contributed by atoms with E-state index in [9.17, 15) is 4.79 Å². The van der Waals surface area contributed by atoms with Crippen LogP contribution in [0.4, 0.5) is 0 Å². The minimum atomic E-state index is -0.953. The van der Waals surface area contributed by atoms with Gasteiger partial charge in [-0.3, -0.25) is 0 Å². The van der Waals surface area contributed by atoms with Gasteiger partial charge in [-0.15, -0.1) is 0 Å². The number of carbonyl (C=O) groups is 1. The van der Waals surface area contributed by atoms with Crippen molar-refractivity contribution in [3.8, 4) is 5.75 Å². The molecular formula is C13H15NO4. The van der Waals surface area contributed by atoms with Crippen molar-refractivity contribution in [2.75, 3.05) is 7.11 Å². The number of carboxylic acids is 1. The van der Waals surface area contributed by atoms with Crippen LogP contribution in [0.25, 0.3) is 0 Å². The van der Waals surface area contributed by atoms with Crippen LogP contribution < -0.4 is 4.74 Å². The summed E-state index contributed by atoms with van der Waals surface area (Å²) in [5, 5.41) is 13.1. The van der Waals surface area contributed by atoms with Gasteiger partial charge in [0.15, 0.2) is 0 Å². The van der Waals surface area contributed by atoms with Gasteiger partial charge in [-0.1, -0.05) is 5.16 Å². The summed E-state index contributed by atoms with van der Waals surface area (Å²) in [5.41, 5.74) is 2.38. The lowest BCUT2D eigenvalue weighted by molar-refractivity contribution is 0.0696. The molecule has 0 saturated carbocycles. The van der Waals surface area contributed by atoms with E-state index in [0.29, 0.717) is 17.7 Å². The number of nitrogens with zero attached hydrogens (tertiary/aromatic N) is 1. The third-order valence-corrected chi connectivity index (χ3v) is 2.96. The molecule has 0 radical (unpaired) electrons. The maximum absolute atomic E-state index is 11.1. The zero-order valence-electron chi connectivity index (χ0n) is 10.6. The monoisotopic (exact) mass is 249 g/mol. The first-order valence-corrected chi connectivity index (χ1v) is 5.68. The zero-order chi connectivity index (χ0) is 13.3. The Morgan fingerprint density at radius 2 is 2.28 bits per heavy atom. The molecule has 0 aromatic heterocycles. The Morgan fingerprint density at radius 1 is 1.56 bits per heavy atom. The number of hydrogen-bond donors (Lipinski definition) is 1. The largest absolute Gasteiger partial charge is 0.490 e. The summed E-state index contributed by atoms with van der Waals surface area (Å²) in [5.74, 6) is -0.294. The molecule has 18 heavy (non-hydrogen) atoms. The zero-order valence-corrected chi connectivity index (χ0v) is 10.6. The second-order valence-electron chi connectivity index (χ2n) is 4.27. The van der Waals surface area contributed by atoms with Crippen molar-refractivity contribution >= 4 is 11.7 Å². The highest BCUT2D eigenvalue weighted by atomic mass is 16.6. The minimum absolute atomic E-state index is 0.00137. The lowest BCUT2D eigenvalue weighted by atomic mass is 9.93. The molecule has 1 aromatic rings. The van der Waals surface area contributed by atoms with E-state index in [0.717, 1.165) is 11.3 Å². The summed E-state index contributed by atoms with van der Waals surface area (Å²) >= 11 is 0. The van der Waals surface area contributed by atoms with Crippen molar-refractivity contribution < 1.29 is 19.5 Å². The smallest absolute Gasteiger partial charge is 0.335 e. The van der Waals surface area contributed by atoms with Gasteiger partial charge in [-0.25, -0.2) is 4.79 Å². The molecule has 0 fully saturated rings. The number of ether oxygens (including phenoxy) is 1. The Morgan fingerprint density at radius 3 is 2.89 bits per heavy atom. The molecule has 1 atom stereocenters. The van der Waals surface area contributed by atoms with E-state index >= 15 is 0 Å². The van der Waals surface area contributed by atoms with Crippen molar-refractivity contribution in [2.45, 2.75) is 26.4 Å². The molecule has 2 rings (SSSR count). The van der Waals surface area contributed by atoms with E-state index in [4.69, 9.17) is 14.7 Å². The van der Waals surface area contributed by atoms with E-state index in [1.807, 2.05) is 6.92 Å². The Bertz CT molecular complexity index is 522. The van der Waals surface area contributed by atoms with Crippen molar-refractivity contribution in [3.05, 3.63) is 28.8 Å². The molecule has 0 saturated heterocycles. The Balaban J connectivity index is 2.62. The maximum Gasteiger partial charge on any atom is 0.335 e. The van der Waals surface area contributed by atoms with E-state index in [2.05, 4.69) is 5.16 Å². The van der Waals surface area contributed by atoms with Crippen molar-refractivity contribution in [1.29, 1.82) is 0 Å². The average molecular weight is 249 g/mol. The summed E-state index contributed by atoms with van der Waals surface area (Å²) in [4.78, 5) is 16.0. The third kappa shape index (κ3) is 2.03. The van der Waals surface area contributed by atoms with Crippen LogP contribution in [-0.4, -0.2) is 30.0 Å². The molecule has 1 unspecified atom stereocenters. The number of aromatic carboxylic acids is 1. The van der Waals surface area contributed by atoms with Gasteiger partial charge in [0.25, 0.3) is 0 Å². The maximum atomic E-state index is 11.1. The predicted octanol–water partition coefficient (Wildman–Crippen LogP) is 2.21. The van der Waals surface area contributed by atoms with E-state index in [-0.39, 0.29) is 11.7 Å². The molecule has 0 spiro atoms. The standard InChI is InChI=1S/C13H15NO4/c1-7-6-10(14-17-3)12-8(2)9(13(15)16)4-5-11(12)18-7/h4-5,7H,6H2,1-3H3,(H,15,16). The van der Waals surface area contributed by atoms with Gasteiger partial charge in [0, 0.05) is 12.0 Å². The van der Waals surface area contributed by atoms with Crippen LogP contribution >= 0.6 is 0 Å². The molecule has 5 nitrogen and oxygen atoms in total.